The predicted molar refractivity (Wildman–Crippen MR) is 341 cm³/mol. The maximum Gasteiger partial charge on any atom is 0.258 e. The van der Waals surface area contributed by atoms with Crippen LogP contribution in [0.3, 0.4) is 0 Å². The number of amides is 3. The van der Waals surface area contributed by atoms with Gasteiger partial charge in [0.2, 0.25) is 17.8 Å². The van der Waals surface area contributed by atoms with Gasteiger partial charge in [-0.25, -0.2) is 39.3 Å². The molecular weight excluding hydrogens is 1140 g/mol. The van der Waals surface area contributed by atoms with Gasteiger partial charge in [-0.3, -0.25) is 29.9 Å². The van der Waals surface area contributed by atoms with E-state index in [1.54, 1.807) is 124 Å². The lowest BCUT2D eigenvalue weighted by atomic mass is 10.2. The second-order valence-corrected chi connectivity index (χ2v) is 21.9. The summed E-state index contributed by atoms with van der Waals surface area (Å²) in [7, 11) is 5.40. The molecule has 2 saturated heterocycles. The van der Waals surface area contributed by atoms with Gasteiger partial charge in [-0.05, 0) is 135 Å². The van der Waals surface area contributed by atoms with Crippen molar-refractivity contribution in [2.24, 2.45) is 0 Å². The summed E-state index contributed by atoms with van der Waals surface area (Å²) in [6, 6.07) is 37.4. The van der Waals surface area contributed by atoms with Crippen molar-refractivity contribution in [1.82, 2.24) is 64.6 Å². The molecule has 458 valence electrons. The van der Waals surface area contributed by atoms with Crippen LogP contribution in [0.5, 0.6) is 34.5 Å². The van der Waals surface area contributed by atoms with Gasteiger partial charge in [0.1, 0.15) is 45.3 Å². The normalized spacial score (nSPS) is 15.4. The van der Waals surface area contributed by atoms with Crippen LogP contribution in [0.4, 0.5) is 23.5 Å². The number of nitrogens with one attached hydrogen (secondary N) is 5. The second kappa shape index (κ2) is 27.9. The van der Waals surface area contributed by atoms with Crippen LogP contribution in [0.25, 0.3) is 22.1 Å². The van der Waals surface area contributed by atoms with Crippen LogP contribution in [-0.4, -0.2) is 149 Å². The average molecular weight is 1210 g/mol. The standard InChI is InChI=1S/C37H39N9O4.C29H28N8O3/c1-44(28-10-11-28)21-3-5-32(47)45-22-17-27(24-45)41-34-33-31(16-20-38-35(33)46(43-34)23-25-6-12-29(49-2)13-7-25)50-30-14-8-26(9-15-30)36(48)42-37-39-18-4-19-40-37;1-39-22-7-3-19(4-8-22)18-37-27-25(26(36-37)34-21-11-15-30-17-21)24(12-16-31-27)40-23-9-5-20(6-10-23)28(38)35-29-32-13-2-14-33-29/h3-9,12-16,18-20,27-28H,10-11,17,21-24H2,1-2H3,(H,41,43)(H,39,40,42,48);2-10,12-14,16,21,30H,11,15,17-18H2,1H3,(H,34,36)(H,32,33,35,38)/b5-3+;/t27-;21-/m11/s1. The van der Waals surface area contributed by atoms with Gasteiger partial charge in [0.15, 0.2) is 22.9 Å². The van der Waals surface area contributed by atoms with Crippen molar-refractivity contribution in [1.29, 1.82) is 0 Å². The number of fused-ring (bicyclic) bond motifs is 2. The van der Waals surface area contributed by atoms with Crippen LogP contribution in [0, 0.1) is 0 Å². The molecule has 1 aliphatic carbocycles. The van der Waals surface area contributed by atoms with Gasteiger partial charge in [0.25, 0.3) is 11.8 Å². The number of hydrogen-bond donors (Lipinski definition) is 5. The van der Waals surface area contributed by atoms with Gasteiger partial charge in [-0.2, -0.15) is 10.2 Å². The van der Waals surface area contributed by atoms with Crippen molar-refractivity contribution in [2.75, 3.05) is 75.3 Å². The molecule has 24 nitrogen and oxygen atoms in total. The SMILES string of the molecule is COc1ccc(Cn2nc(N[C@@H]3CCN(C(=O)/C=C/CN(C)C4CC4)C3)c3c(Oc4ccc(C(=O)Nc5ncccn5)cc4)ccnc32)cc1.COc1ccc(Cn2nc(N[C@@H]3CCNC3)c3c(Oc4ccc(C(=O)Nc5ncccn5)cc4)ccnc32)cc1. The van der Waals surface area contributed by atoms with E-state index in [-0.39, 0.29) is 41.7 Å². The molecule has 13 rings (SSSR count). The lowest BCUT2D eigenvalue weighted by molar-refractivity contribution is -0.125. The molecule has 1 saturated carbocycles. The van der Waals surface area contributed by atoms with Crippen LogP contribution in [0.1, 0.15) is 57.5 Å². The number of likely N-dealkylation sites (tertiary alicyclic amines) is 1. The molecule has 8 heterocycles. The van der Waals surface area contributed by atoms with E-state index in [9.17, 15) is 14.4 Å². The van der Waals surface area contributed by atoms with Gasteiger partial charge >= 0.3 is 0 Å². The zero-order valence-electron chi connectivity index (χ0n) is 49.9. The first-order valence-corrected chi connectivity index (χ1v) is 29.7. The van der Waals surface area contributed by atoms with Crippen molar-refractivity contribution < 1.29 is 33.3 Å². The molecule has 3 amide bonds. The van der Waals surface area contributed by atoms with Crippen LogP contribution in [0.2, 0.25) is 0 Å². The minimum atomic E-state index is -0.328. The maximum atomic E-state index is 13.0. The largest absolute Gasteiger partial charge is 0.497 e. The van der Waals surface area contributed by atoms with E-state index in [2.05, 4.69) is 63.5 Å². The van der Waals surface area contributed by atoms with Crippen molar-refractivity contribution in [2.45, 2.75) is 56.9 Å². The van der Waals surface area contributed by atoms with Crippen LogP contribution >= 0.6 is 0 Å². The quantitative estimate of drug-likeness (QED) is 0.0396. The van der Waals surface area contributed by atoms with E-state index in [4.69, 9.17) is 34.1 Å². The summed E-state index contributed by atoms with van der Waals surface area (Å²) in [5.41, 5.74) is 4.35. The van der Waals surface area contributed by atoms with Gasteiger partial charge in [0.05, 0.1) is 27.3 Å². The Morgan fingerprint density at radius 2 is 1.06 bits per heavy atom. The number of hydrogen-bond acceptors (Lipinski definition) is 19. The number of methoxy groups -OCH3 is 2. The summed E-state index contributed by atoms with van der Waals surface area (Å²) in [6.45, 7) is 4.82. The number of carbonyl (C=O) groups excluding carboxylic acids is 3. The molecule has 3 fully saturated rings. The van der Waals surface area contributed by atoms with Gasteiger partial charge < -0.3 is 39.8 Å². The number of ether oxygens (including phenoxy) is 4. The van der Waals surface area contributed by atoms with Crippen molar-refractivity contribution in [3.8, 4) is 34.5 Å². The van der Waals surface area contributed by atoms with E-state index >= 15 is 0 Å². The lowest BCUT2D eigenvalue weighted by Crippen LogP contribution is -2.30. The third-order valence-electron chi connectivity index (χ3n) is 15.5. The van der Waals surface area contributed by atoms with Crippen molar-refractivity contribution in [3.05, 3.63) is 193 Å². The highest BCUT2D eigenvalue weighted by Gasteiger charge is 2.29. The molecule has 90 heavy (non-hydrogen) atoms. The second-order valence-electron chi connectivity index (χ2n) is 21.9. The first kappa shape index (κ1) is 59.5. The molecule has 0 spiro atoms. The molecule has 5 N–H and O–H groups in total. The Balaban J connectivity index is 0.000000179. The summed E-state index contributed by atoms with van der Waals surface area (Å²) in [5.74, 6) is 5.08. The maximum absolute atomic E-state index is 13.0. The monoisotopic (exact) mass is 1210 g/mol. The Bertz CT molecular complexity index is 4110. The highest BCUT2D eigenvalue weighted by atomic mass is 16.5. The van der Waals surface area contributed by atoms with E-state index in [0.29, 0.717) is 83.5 Å². The topological polar surface area (TPSA) is 268 Å². The van der Waals surface area contributed by atoms with Gasteiger partial charge in [-0.1, -0.05) is 30.3 Å². The number of carbonyl (C=O) groups is 3. The molecule has 0 bridgehead atoms. The fourth-order valence-electron chi connectivity index (χ4n) is 10.6. The molecule has 2 atom stereocenters. The molecule has 24 heteroatoms. The lowest BCUT2D eigenvalue weighted by Gasteiger charge is -2.16. The van der Waals surface area contributed by atoms with Gasteiger partial charge in [-0.15, -0.1) is 0 Å². The molecule has 4 aromatic carbocycles. The fourth-order valence-corrected chi connectivity index (χ4v) is 10.6. The number of pyridine rings is 2. The molecule has 2 aliphatic heterocycles. The number of rotatable bonds is 22. The smallest absolute Gasteiger partial charge is 0.258 e. The van der Waals surface area contributed by atoms with E-state index in [0.717, 1.165) is 71.7 Å². The molecule has 6 aromatic heterocycles. The highest BCUT2D eigenvalue weighted by Crippen LogP contribution is 2.37. The Morgan fingerprint density at radius 3 is 1.51 bits per heavy atom. The molecule has 0 unspecified atom stereocenters. The highest BCUT2D eigenvalue weighted by molar-refractivity contribution is 6.04. The van der Waals surface area contributed by atoms with Crippen LogP contribution in [-0.2, 0) is 17.9 Å². The number of nitrogens with zero attached hydrogens (tertiary/aromatic N) is 12. The summed E-state index contributed by atoms with van der Waals surface area (Å²) < 4.78 is 27.1. The third kappa shape index (κ3) is 14.8. The minimum absolute atomic E-state index is 0.00605. The Kier molecular flexibility index (Phi) is 18.4. The Morgan fingerprint density at radius 1 is 0.578 bits per heavy atom. The summed E-state index contributed by atoms with van der Waals surface area (Å²) >= 11 is 0. The third-order valence-corrected chi connectivity index (χ3v) is 15.5. The van der Waals surface area contributed by atoms with Crippen LogP contribution in [0.15, 0.2) is 171 Å². The van der Waals surface area contributed by atoms with E-state index in [1.165, 1.54) is 12.8 Å². The van der Waals surface area contributed by atoms with E-state index in [1.807, 2.05) is 74.9 Å². The Labute approximate surface area is 518 Å². The summed E-state index contributed by atoms with van der Waals surface area (Å²) in [4.78, 5) is 68.0. The molecule has 0 radical (unpaired) electrons. The molecular formula is C66H67N17O7. The first-order valence-electron chi connectivity index (χ1n) is 29.7. The first-order chi connectivity index (χ1) is 44.1. The van der Waals surface area contributed by atoms with Gasteiger partial charge in [0, 0.05) is 111 Å². The van der Waals surface area contributed by atoms with Crippen LogP contribution < -0.4 is 45.5 Å². The summed E-state index contributed by atoms with van der Waals surface area (Å²) in [5, 5.41) is 27.3. The minimum Gasteiger partial charge on any atom is -0.497 e. The molecule has 10 aromatic rings. The zero-order chi connectivity index (χ0) is 61.8. The van der Waals surface area contributed by atoms with Crippen molar-refractivity contribution in [3.63, 3.8) is 0 Å². The fraction of sp³-hybridized carbons (Fsp3) is 0.258. The number of benzene rings is 4. The van der Waals surface area contributed by atoms with Crippen molar-refractivity contribution >= 4 is 63.3 Å². The predicted octanol–water partition coefficient (Wildman–Crippen LogP) is 9.08. The molecule has 3 aliphatic rings. The zero-order valence-corrected chi connectivity index (χ0v) is 49.9. The number of aromatic nitrogens is 10. The average Bonchev–Trinajstić information content (AvgIpc) is 1.67. The Hall–Kier alpha value is -10.9. The number of likely N-dealkylation sites (N-methyl/N-ethyl adjacent to an activating group) is 1. The van der Waals surface area contributed by atoms with E-state index < -0.39 is 0 Å². The summed E-state index contributed by atoms with van der Waals surface area (Å²) in [6.07, 6.45) is 17.6. The number of anilines is 4.